The van der Waals surface area contributed by atoms with Crippen molar-refractivity contribution >= 4 is 23.3 Å². The Hall–Kier alpha value is -1.56. The van der Waals surface area contributed by atoms with Crippen LogP contribution in [0.5, 0.6) is 0 Å². The summed E-state index contributed by atoms with van der Waals surface area (Å²) >= 11 is 1.58. The van der Waals surface area contributed by atoms with E-state index in [1.165, 1.54) is 0 Å². The molecule has 1 aromatic rings. The Bertz CT molecular complexity index is 431. The van der Waals surface area contributed by atoms with Crippen LogP contribution in [0.25, 0.3) is 0 Å². The molecule has 0 saturated heterocycles. The third-order valence-corrected chi connectivity index (χ3v) is 3.90. The zero-order valence-corrected chi connectivity index (χ0v) is 11.5. The summed E-state index contributed by atoms with van der Waals surface area (Å²) in [6.07, 6.45) is 0. The number of hydrogen-bond acceptors (Lipinski definition) is 3. The van der Waals surface area contributed by atoms with Gasteiger partial charge in [0, 0.05) is 10.9 Å². The second kappa shape index (κ2) is 6.39. The molecular formula is C12H18N2O3S. The number of nitrogens with one attached hydrogen (secondary N) is 2. The van der Waals surface area contributed by atoms with Crippen molar-refractivity contribution in [2.24, 2.45) is 5.92 Å². The van der Waals surface area contributed by atoms with Crippen LogP contribution in [-0.4, -0.2) is 23.1 Å². The maximum Gasteiger partial charge on any atom is 0.315 e. The molecule has 0 radical (unpaired) electrons. The van der Waals surface area contributed by atoms with Crippen LogP contribution in [0.3, 0.4) is 0 Å². The normalized spacial score (nSPS) is 13.7. The average molecular weight is 270 g/mol. The first-order chi connectivity index (χ1) is 8.41. The third-order valence-electron chi connectivity index (χ3n) is 2.88. The number of carbonyl (C=O) groups is 2. The molecule has 2 amide bonds. The van der Waals surface area contributed by atoms with Gasteiger partial charge >= 0.3 is 12.0 Å². The average Bonchev–Trinajstić information content (AvgIpc) is 2.71. The summed E-state index contributed by atoms with van der Waals surface area (Å²) in [5, 5.41) is 16.1. The van der Waals surface area contributed by atoms with Gasteiger partial charge in [-0.2, -0.15) is 0 Å². The highest BCUT2D eigenvalue weighted by atomic mass is 32.1. The van der Waals surface area contributed by atoms with Crippen molar-refractivity contribution in [3.63, 3.8) is 0 Å². The van der Waals surface area contributed by atoms with Crippen LogP contribution in [0, 0.1) is 12.8 Å². The van der Waals surface area contributed by atoms with Crippen molar-refractivity contribution in [2.75, 3.05) is 0 Å². The van der Waals surface area contributed by atoms with Crippen molar-refractivity contribution in [3.8, 4) is 0 Å². The number of rotatable bonds is 5. The van der Waals surface area contributed by atoms with Gasteiger partial charge in [-0.25, -0.2) is 4.79 Å². The van der Waals surface area contributed by atoms with Gasteiger partial charge in [-0.3, -0.25) is 4.79 Å². The highest BCUT2D eigenvalue weighted by Crippen LogP contribution is 2.14. The number of aryl methyl sites for hydroxylation is 1. The number of carboxylic acid groups (broad SMARTS) is 1. The number of carbonyl (C=O) groups excluding carboxylic acids is 1. The van der Waals surface area contributed by atoms with E-state index in [-0.39, 0.29) is 6.03 Å². The Morgan fingerprint density at radius 2 is 2.11 bits per heavy atom. The van der Waals surface area contributed by atoms with E-state index >= 15 is 0 Å². The Kier molecular flexibility index (Phi) is 5.15. The van der Waals surface area contributed by atoms with Gasteiger partial charge in [0.1, 0.15) is 0 Å². The van der Waals surface area contributed by atoms with Crippen molar-refractivity contribution < 1.29 is 14.7 Å². The predicted molar refractivity (Wildman–Crippen MR) is 70.7 cm³/mol. The van der Waals surface area contributed by atoms with E-state index in [2.05, 4.69) is 10.6 Å². The summed E-state index contributed by atoms with van der Waals surface area (Å²) in [5.41, 5.74) is 1.15. The Morgan fingerprint density at radius 1 is 1.44 bits per heavy atom. The highest BCUT2D eigenvalue weighted by Gasteiger charge is 2.20. The van der Waals surface area contributed by atoms with Crippen LogP contribution in [0.2, 0.25) is 0 Å². The van der Waals surface area contributed by atoms with E-state index in [1.54, 1.807) is 25.2 Å². The molecule has 0 saturated carbocycles. The third kappa shape index (κ3) is 4.03. The van der Waals surface area contributed by atoms with Crippen LogP contribution >= 0.6 is 11.3 Å². The number of carboxylic acids is 1. The van der Waals surface area contributed by atoms with E-state index in [4.69, 9.17) is 5.11 Å². The molecule has 2 unspecified atom stereocenters. The van der Waals surface area contributed by atoms with Crippen molar-refractivity contribution in [1.29, 1.82) is 0 Å². The summed E-state index contributed by atoms with van der Waals surface area (Å²) in [7, 11) is 0. The van der Waals surface area contributed by atoms with E-state index in [1.807, 2.05) is 18.4 Å². The van der Waals surface area contributed by atoms with Gasteiger partial charge in [0.15, 0.2) is 0 Å². The van der Waals surface area contributed by atoms with Crippen LogP contribution in [-0.2, 0) is 11.3 Å². The number of hydrogen-bond donors (Lipinski definition) is 3. The lowest BCUT2D eigenvalue weighted by Crippen LogP contribution is -2.44. The topological polar surface area (TPSA) is 78.4 Å². The first-order valence-electron chi connectivity index (χ1n) is 5.72. The Labute approximate surface area is 110 Å². The van der Waals surface area contributed by atoms with E-state index < -0.39 is 17.9 Å². The van der Waals surface area contributed by atoms with Gasteiger partial charge in [-0.1, -0.05) is 0 Å². The fraction of sp³-hybridized carbons (Fsp3) is 0.500. The van der Waals surface area contributed by atoms with Gasteiger partial charge in [-0.15, -0.1) is 11.3 Å². The Balaban J connectivity index is 2.38. The molecule has 1 aromatic heterocycles. The zero-order chi connectivity index (χ0) is 13.7. The summed E-state index contributed by atoms with van der Waals surface area (Å²) in [6, 6.07) is 1.24. The van der Waals surface area contributed by atoms with Crippen molar-refractivity contribution in [3.05, 3.63) is 21.9 Å². The maximum absolute atomic E-state index is 11.6. The smallest absolute Gasteiger partial charge is 0.315 e. The quantitative estimate of drug-likeness (QED) is 0.765. The maximum atomic E-state index is 11.6. The monoisotopic (exact) mass is 270 g/mol. The molecule has 0 fully saturated rings. The molecule has 2 atom stereocenters. The number of amides is 2. The molecule has 100 valence electrons. The second-order valence-corrected chi connectivity index (χ2v) is 5.27. The summed E-state index contributed by atoms with van der Waals surface area (Å²) in [4.78, 5) is 23.4. The molecule has 1 rings (SSSR count). The lowest BCUT2D eigenvalue weighted by atomic mass is 10.0. The lowest BCUT2D eigenvalue weighted by Gasteiger charge is -2.18. The SMILES string of the molecule is Cc1ccsc1CNC(=O)NC(C)C(C)C(=O)O. The molecule has 3 N–H and O–H groups in total. The van der Waals surface area contributed by atoms with Gasteiger partial charge in [0.25, 0.3) is 0 Å². The molecule has 0 aliphatic heterocycles. The van der Waals surface area contributed by atoms with Crippen LogP contribution in [0.1, 0.15) is 24.3 Å². The molecule has 0 bridgehead atoms. The first-order valence-corrected chi connectivity index (χ1v) is 6.60. The van der Waals surface area contributed by atoms with Gasteiger partial charge < -0.3 is 15.7 Å². The minimum absolute atomic E-state index is 0.344. The molecule has 6 heteroatoms. The fourth-order valence-corrected chi connectivity index (χ4v) is 2.19. The minimum Gasteiger partial charge on any atom is -0.481 e. The Morgan fingerprint density at radius 3 is 2.61 bits per heavy atom. The predicted octanol–water partition coefficient (Wildman–Crippen LogP) is 1.96. The van der Waals surface area contributed by atoms with E-state index in [0.717, 1.165) is 10.4 Å². The molecule has 0 aliphatic rings. The van der Waals surface area contributed by atoms with Crippen molar-refractivity contribution in [2.45, 2.75) is 33.4 Å². The van der Waals surface area contributed by atoms with Gasteiger partial charge in [-0.05, 0) is 37.8 Å². The molecule has 18 heavy (non-hydrogen) atoms. The second-order valence-electron chi connectivity index (χ2n) is 4.27. The van der Waals surface area contributed by atoms with E-state index in [9.17, 15) is 9.59 Å². The standard InChI is InChI=1S/C12H18N2O3S/c1-7-4-5-18-10(7)6-13-12(17)14-9(3)8(2)11(15)16/h4-5,8-9H,6H2,1-3H3,(H,15,16)(H2,13,14,17). The summed E-state index contributed by atoms with van der Waals surface area (Å²) in [6.45, 7) is 5.69. The highest BCUT2D eigenvalue weighted by molar-refractivity contribution is 7.10. The van der Waals surface area contributed by atoms with Crippen molar-refractivity contribution in [1.82, 2.24) is 10.6 Å². The first kappa shape index (κ1) is 14.5. The zero-order valence-electron chi connectivity index (χ0n) is 10.7. The number of thiophene rings is 1. The molecule has 0 aliphatic carbocycles. The fourth-order valence-electron chi connectivity index (χ4n) is 1.34. The van der Waals surface area contributed by atoms with Crippen LogP contribution < -0.4 is 10.6 Å². The minimum atomic E-state index is -0.920. The van der Waals surface area contributed by atoms with Crippen LogP contribution in [0.4, 0.5) is 4.79 Å². The summed E-state index contributed by atoms with van der Waals surface area (Å²) in [5.74, 6) is -1.53. The molecule has 0 spiro atoms. The van der Waals surface area contributed by atoms with E-state index in [0.29, 0.717) is 6.54 Å². The molecule has 0 aromatic carbocycles. The number of urea groups is 1. The number of aliphatic carboxylic acids is 1. The molecule has 1 heterocycles. The van der Waals surface area contributed by atoms with Gasteiger partial charge in [0.2, 0.25) is 0 Å². The molecular weight excluding hydrogens is 252 g/mol. The lowest BCUT2D eigenvalue weighted by molar-refractivity contribution is -0.141. The molecule has 5 nitrogen and oxygen atoms in total. The van der Waals surface area contributed by atoms with Gasteiger partial charge in [0.05, 0.1) is 12.5 Å². The summed E-state index contributed by atoms with van der Waals surface area (Å²) < 4.78 is 0. The van der Waals surface area contributed by atoms with Crippen LogP contribution in [0.15, 0.2) is 11.4 Å². The largest absolute Gasteiger partial charge is 0.481 e.